The Morgan fingerprint density at radius 3 is 0.967 bits per heavy atom. The molecule has 0 heterocycles. The van der Waals surface area contributed by atoms with Gasteiger partial charge in [0, 0.05) is 6.42 Å². The molecule has 30 heavy (non-hydrogen) atoms. The second-order valence-corrected chi connectivity index (χ2v) is 11.0. The predicted molar refractivity (Wildman–Crippen MR) is 81.7 cm³/mol. The highest BCUT2D eigenvalue weighted by molar-refractivity contribution is 14.2. The van der Waals surface area contributed by atoms with Crippen molar-refractivity contribution < 1.29 is 74.6 Å². The Bertz CT molecular complexity index is 605. The van der Waals surface area contributed by atoms with Gasteiger partial charge in [-0.25, -0.2) is 0 Å². The molecule has 19 heteroatoms. The minimum absolute atomic E-state index is 1.03. The lowest BCUT2D eigenvalue weighted by molar-refractivity contribution is -0.461. The van der Waals surface area contributed by atoms with E-state index in [1.807, 2.05) is 0 Å². The molecule has 0 N–H and O–H groups in total. The third-order valence-electron chi connectivity index (χ3n) is 3.46. The molecule has 0 aliphatic heterocycles. The fraction of sp³-hybridized carbons (Fsp3) is 1.00. The van der Waals surface area contributed by atoms with E-state index in [1.54, 1.807) is 0 Å². The lowest BCUT2D eigenvalue weighted by Crippen LogP contribution is -2.74. The second kappa shape index (κ2) is 8.24. The molecule has 0 atom stereocenters. The molecule has 0 saturated heterocycles. The highest BCUT2D eigenvalue weighted by Gasteiger charge is 2.95. The highest BCUT2D eigenvalue weighted by atomic mass is 127. The van der Waals surface area contributed by atoms with Crippen molar-refractivity contribution in [3.8, 4) is 0 Å². The molecule has 0 bridgehead atoms. The van der Waals surface area contributed by atoms with E-state index in [9.17, 15) is 74.6 Å². The fourth-order valence-electron chi connectivity index (χ4n) is 1.64. The largest absolute Gasteiger partial charge is 0.460 e. The first kappa shape index (κ1) is 30.3. The van der Waals surface area contributed by atoms with Crippen LogP contribution in [-0.4, -0.2) is 49.6 Å². The van der Waals surface area contributed by atoms with Crippen LogP contribution in [0.4, 0.5) is 74.6 Å². The van der Waals surface area contributed by atoms with Crippen molar-refractivity contribution in [1.82, 2.24) is 0 Å². The SMILES string of the molecule is FC(F)(F)C(F)(F)C(F)(F)C(F)(F)C(F)(F)C(F)(F)C(F)(F)C(F)(F)CCC(I)I. The molecule has 0 unspecified atom stereocenters. The number of rotatable bonds is 9. The van der Waals surface area contributed by atoms with Gasteiger partial charge in [-0.3, -0.25) is 0 Å². The van der Waals surface area contributed by atoms with E-state index in [4.69, 9.17) is 0 Å². The van der Waals surface area contributed by atoms with Crippen molar-refractivity contribution in [1.29, 1.82) is 0 Å². The Labute approximate surface area is 182 Å². The summed E-state index contributed by atoms with van der Waals surface area (Å²) >= 11 is 2.50. The molecule has 0 saturated carbocycles. The van der Waals surface area contributed by atoms with Gasteiger partial charge in [-0.15, -0.1) is 0 Å². The summed E-state index contributed by atoms with van der Waals surface area (Å²) in [6.07, 6.45) is -11.3. The lowest BCUT2D eigenvalue weighted by atomic mass is 9.88. The Balaban J connectivity index is 6.55. The van der Waals surface area contributed by atoms with Crippen molar-refractivity contribution in [2.45, 2.75) is 62.4 Å². The molecule has 0 aromatic carbocycles. The first-order chi connectivity index (χ1) is 12.7. The van der Waals surface area contributed by atoms with E-state index in [2.05, 4.69) is 0 Å². The monoisotopic (exact) mass is 714 g/mol. The van der Waals surface area contributed by atoms with Crippen molar-refractivity contribution in [2.24, 2.45) is 0 Å². The molecule has 0 spiro atoms. The van der Waals surface area contributed by atoms with Gasteiger partial charge in [0.25, 0.3) is 0 Å². The first-order valence-corrected chi connectivity index (χ1v) is 9.15. The van der Waals surface area contributed by atoms with Crippen molar-refractivity contribution in [3.63, 3.8) is 0 Å². The molecule has 0 amide bonds. The van der Waals surface area contributed by atoms with Gasteiger partial charge in [-0.05, 0) is 6.42 Å². The van der Waals surface area contributed by atoms with E-state index >= 15 is 0 Å². The van der Waals surface area contributed by atoms with Crippen molar-refractivity contribution >= 4 is 45.2 Å². The van der Waals surface area contributed by atoms with Crippen LogP contribution in [0.25, 0.3) is 0 Å². The summed E-state index contributed by atoms with van der Waals surface area (Å²) in [5.41, 5.74) is 0. The molecule has 0 aliphatic rings. The van der Waals surface area contributed by atoms with Crippen LogP contribution in [-0.2, 0) is 0 Å². The number of halogens is 19. The number of hydrogen-bond donors (Lipinski definition) is 0. The van der Waals surface area contributed by atoms with Crippen LogP contribution < -0.4 is 0 Å². The normalized spacial score (nSPS) is 16.4. The summed E-state index contributed by atoms with van der Waals surface area (Å²) in [6, 6.07) is 0. The minimum atomic E-state index is -8.57. The zero-order chi connectivity index (χ0) is 25.0. The standard InChI is InChI=1S/C11H5F17I2/c12-4(13,2-1-3(29)30)5(14,15)6(16,17)7(18,19)8(20,21)9(22,23)10(24,25)11(26,27)28/h3H,1-2H2. The number of alkyl halides is 19. The van der Waals surface area contributed by atoms with Gasteiger partial charge in [0.1, 0.15) is 0 Å². The van der Waals surface area contributed by atoms with Gasteiger partial charge < -0.3 is 0 Å². The molecule has 0 radical (unpaired) electrons. The summed E-state index contributed by atoms with van der Waals surface area (Å²) in [4.78, 5) is 0. The summed E-state index contributed by atoms with van der Waals surface area (Å²) < 4.78 is 219. The van der Waals surface area contributed by atoms with E-state index in [-0.39, 0.29) is 0 Å². The van der Waals surface area contributed by atoms with Gasteiger partial charge in [-0.2, -0.15) is 74.6 Å². The maximum Gasteiger partial charge on any atom is 0.460 e. The third kappa shape index (κ3) is 4.38. The van der Waals surface area contributed by atoms with Gasteiger partial charge in [0.05, 0.1) is 1.93 Å². The fourth-order valence-corrected chi connectivity index (χ4v) is 2.27. The molecule has 0 aliphatic carbocycles. The smallest absolute Gasteiger partial charge is 0.200 e. The van der Waals surface area contributed by atoms with Crippen molar-refractivity contribution in [2.75, 3.05) is 0 Å². The predicted octanol–water partition coefficient (Wildman–Crippen LogP) is 7.97. The van der Waals surface area contributed by atoms with Crippen LogP contribution in [0.5, 0.6) is 0 Å². The molecular weight excluding hydrogens is 709 g/mol. The van der Waals surface area contributed by atoms with Crippen LogP contribution in [0.1, 0.15) is 12.8 Å². The second-order valence-electron chi connectivity index (χ2n) is 5.58. The van der Waals surface area contributed by atoms with Crippen LogP contribution in [0, 0.1) is 0 Å². The van der Waals surface area contributed by atoms with Crippen LogP contribution in [0.2, 0.25) is 0 Å². The van der Waals surface area contributed by atoms with Gasteiger partial charge in [0.15, 0.2) is 0 Å². The Hall–Kier alpha value is 0.270. The van der Waals surface area contributed by atoms with Crippen LogP contribution in [0.3, 0.4) is 0 Å². The zero-order valence-electron chi connectivity index (χ0n) is 13.2. The Morgan fingerprint density at radius 1 is 0.433 bits per heavy atom. The maximum atomic E-state index is 13.4. The van der Waals surface area contributed by atoms with Gasteiger partial charge in [0.2, 0.25) is 0 Å². The van der Waals surface area contributed by atoms with Crippen molar-refractivity contribution in [3.05, 3.63) is 0 Å². The Kier molecular flexibility index (Phi) is 8.32. The maximum absolute atomic E-state index is 13.4. The molecule has 0 aromatic rings. The van der Waals surface area contributed by atoms with Crippen LogP contribution >= 0.6 is 45.2 Å². The Morgan fingerprint density at radius 2 is 0.700 bits per heavy atom. The van der Waals surface area contributed by atoms with E-state index < -0.39 is 62.4 Å². The summed E-state index contributed by atoms with van der Waals surface area (Å²) in [5.74, 6) is -55.7. The molecular formula is C11H5F17I2. The molecule has 0 fully saturated rings. The van der Waals surface area contributed by atoms with Gasteiger partial charge >= 0.3 is 47.6 Å². The minimum Gasteiger partial charge on any atom is -0.200 e. The summed E-state index contributed by atoms with van der Waals surface area (Å²) in [7, 11) is 0. The van der Waals surface area contributed by atoms with E-state index in [0.717, 1.165) is 0 Å². The number of hydrogen-bond acceptors (Lipinski definition) is 0. The van der Waals surface area contributed by atoms with E-state index in [0.29, 0.717) is 0 Å². The average molecular weight is 714 g/mol. The lowest BCUT2D eigenvalue weighted by Gasteiger charge is -2.42. The third-order valence-corrected chi connectivity index (χ3v) is 4.71. The first-order valence-electron chi connectivity index (χ1n) is 6.66. The molecule has 0 nitrogen and oxygen atoms in total. The molecule has 0 rings (SSSR count). The topological polar surface area (TPSA) is 0 Å². The molecule has 182 valence electrons. The van der Waals surface area contributed by atoms with E-state index in [1.165, 1.54) is 45.2 Å². The van der Waals surface area contributed by atoms with Gasteiger partial charge in [-0.1, -0.05) is 45.2 Å². The summed E-state index contributed by atoms with van der Waals surface area (Å²) in [6.45, 7) is 0. The quantitative estimate of drug-likeness (QED) is 0.129. The average Bonchev–Trinajstić information content (AvgIpc) is 2.50. The zero-order valence-corrected chi connectivity index (χ0v) is 17.5. The van der Waals surface area contributed by atoms with Crippen LogP contribution in [0.15, 0.2) is 0 Å². The molecule has 0 aromatic heterocycles. The highest BCUT2D eigenvalue weighted by Crippen LogP contribution is 2.64. The summed E-state index contributed by atoms with van der Waals surface area (Å²) in [5, 5.41) is 0.